The van der Waals surface area contributed by atoms with Crippen LogP contribution in [0, 0.1) is 5.92 Å². The molecule has 0 aromatic carbocycles. The van der Waals surface area contributed by atoms with Crippen LogP contribution < -0.4 is 10.6 Å². The lowest BCUT2D eigenvalue weighted by Gasteiger charge is -2.37. The molecule has 2 atom stereocenters. The van der Waals surface area contributed by atoms with Crippen molar-refractivity contribution in [1.82, 2.24) is 20.7 Å². The highest BCUT2D eigenvalue weighted by atomic mass is 127. The minimum atomic E-state index is 0. The zero-order chi connectivity index (χ0) is 21.2. The standard InChI is InChI=1S/C22H39N5O3.HI/c1-4-17(5-2)20-13-19(30-26-20)14-24-22(23-6-3)25-15-21(18-7-10-29-16-18)27-8-11-28-12-9-27;/h13,17-18,21H,4-12,14-16H2,1-3H3,(H2,23,24,25);1H. The maximum atomic E-state index is 5.68. The molecule has 0 aliphatic carbocycles. The summed E-state index contributed by atoms with van der Waals surface area (Å²) in [6.45, 7) is 13.9. The first-order chi connectivity index (χ1) is 14.7. The van der Waals surface area contributed by atoms with Gasteiger partial charge in [-0.25, -0.2) is 4.99 Å². The first-order valence-electron chi connectivity index (χ1n) is 11.6. The molecular formula is C22H40IN5O3. The fourth-order valence-corrected chi connectivity index (χ4v) is 4.36. The Hall–Kier alpha value is -0.910. The van der Waals surface area contributed by atoms with Crippen LogP contribution in [-0.4, -0.2) is 74.7 Å². The highest BCUT2D eigenvalue weighted by Crippen LogP contribution is 2.23. The van der Waals surface area contributed by atoms with Crippen LogP contribution in [0.5, 0.6) is 0 Å². The van der Waals surface area contributed by atoms with Crippen molar-refractivity contribution in [2.75, 3.05) is 52.6 Å². The van der Waals surface area contributed by atoms with Gasteiger partial charge in [-0.3, -0.25) is 4.90 Å². The molecule has 1 aromatic rings. The van der Waals surface area contributed by atoms with Crippen LogP contribution >= 0.6 is 24.0 Å². The van der Waals surface area contributed by atoms with E-state index < -0.39 is 0 Å². The Kier molecular flexibility index (Phi) is 12.1. The van der Waals surface area contributed by atoms with Crippen LogP contribution in [-0.2, 0) is 16.0 Å². The third-order valence-electron chi connectivity index (χ3n) is 6.22. The third kappa shape index (κ3) is 7.87. The number of hydrogen-bond acceptors (Lipinski definition) is 6. The summed E-state index contributed by atoms with van der Waals surface area (Å²) in [6, 6.07) is 2.48. The van der Waals surface area contributed by atoms with Crippen LogP contribution in [0.25, 0.3) is 0 Å². The zero-order valence-electron chi connectivity index (χ0n) is 19.3. The monoisotopic (exact) mass is 549 g/mol. The minimum absolute atomic E-state index is 0. The number of nitrogens with zero attached hydrogens (tertiary/aromatic N) is 3. The number of guanidine groups is 1. The molecule has 0 radical (unpaired) electrons. The smallest absolute Gasteiger partial charge is 0.191 e. The molecule has 2 aliphatic heterocycles. The molecule has 178 valence electrons. The number of aromatic nitrogens is 1. The molecule has 2 N–H and O–H groups in total. The molecule has 8 nitrogen and oxygen atoms in total. The van der Waals surface area contributed by atoms with Gasteiger partial charge >= 0.3 is 0 Å². The fraction of sp³-hybridized carbons (Fsp3) is 0.818. The Morgan fingerprint density at radius 2 is 1.94 bits per heavy atom. The lowest BCUT2D eigenvalue weighted by atomic mass is 9.97. The van der Waals surface area contributed by atoms with Gasteiger partial charge in [-0.2, -0.15) is 0 Å². The van der Waals surface area contributed by atoms with Crippen molar-refractivity contribution in [3.8, 4) is 0 Å². The van der Waals surface area contributed by atoms with E-state index >= 15 is 0 Å². The van der Waals surface area contributed by atoms with Crippen LogP contribution in [0.3, 0.4) is 0 Å². The number of morpholine rings is 1. The van der Waals surface area contributed by atoms with E-state index in [0.29, 0.717) is 24.4 Å². The summed E-state index contributed by atoms with van der Waals surface area (Å²) in [7, 11) is 0. The molecule has 2 aliphatic rings. The van der Waals surface area contributed by atoms with Crippen molar-refractivity contribution in [2.24, 2.45) is 10.9 Å². The van der Waals surface area contributed by atoms with Crippen LogP contribution in [0.1, 0.15) is 57.4 Å². The van der Waals surface area contributed by atoms with Crippen molar-refractivity contribution in [2.45, 2.75) is 58.5 Å². The first-order valence-corrected chi connectivity index (χ1v) is 11.6. The van der Waals surface area contributed by atoms with Crippen molar-refractivity contribution < 1.29 is 14.0 Å². The number of nitrogens with one attached hydrogen (secondary N) is 2. The van der Waals surface area contributed by atoms with Gasteiger partial charge < -0.3 is 24.6 Å². The van der Waals surface area contributed by atoms with Gasteiger partial charge in [0.15, 0.2) is 11.7 Å². The van der Waals surface area contributed by atoms with Crippen molar-refractivity contribution >= 4 is 29.9 Å². The molecule has 31 heavy (non-hydrogen) atoms. The molecule has 2 fully saturated rings. The van der Waals surface area contributed by atoms with E-state index in [4.69, 9.17) is 19.0 Å². The molecule has 0 saturated carbocycles. The Labute approximate surface area is 203 Å². The first kappa shape index (κ1) is 26.3. The average molecular weight is 549 g/mol. The van der Waals surface area contributed by atoms with Gasteiger partial charge in [0.25, 0.3) is 0 Å². The summed E-state index contributed by atoms with van der Waals surface area (Å²) >= 11 is 0. The molecule has 0 bridgehead atoms. The topological polar surface area (TPSA) is 84.2 Å². The van der Waals surface area contributed by atoms with Gasteiger partial charge in [0.1, 0.15) is 6.54 Å². The maximum Gasteiger partial charge on any atom is 0.191 e. The van der Waals surface area contributed by atoms with E-state index in [2.05, 4.69) is 47.5 Å². The Balaban J connectivity index is 0.00000341. The summed E-state index contributed by atoms with van der Waals surface area (Å²) < 4.78 is 16.8. The van der Waals surface area contributed by atoms with E-state index in [1.165, 1.54) is 0 Å². The molecular weight excluding hydrogens is 509 g/mol. The number of ether oxygens (including phenoxy) is 2. The highest BCUT2D eigenvalue weighted by molar-refractivity contribution is 14.0. The number of rotatable bonds is 10. The number of aliphatic imine (C=N–C) groups is 1. The van der Waals surface area contributed by atoms with Gasteiger partial charge in [0.2, 0.25) is 0 Å². The summed E-state index contributed by atoms with van der Waals surface area (Å²) in [5, 5.41) is 11.2. The normalized spacial score (nSPS) is 21.2. The summed E-state index contributed by atoms with van der Waals surface area (Å²) in [5.41, 5.74) is 1.04. The maximum absolute atomic E-state index is 5.68. The molecule has 3 heterocycles. The minimum Gasteiger partial charge on any atom is -0.381 e. The molecule has 9 heteroatoms. The van der Waals surface area contributed by atoms with Crippen LogP contribution in [0.4, 0.5) is 0 Å². The molecule has 3 rings (SSSR count). The summed E-state index contributed by atoms with van der Waals surface area (Å²) in [4.78, 5) is 7.28. The molecule has 2 saturated heterocycles. The molecule has 1 aromatic heterocycles. The number of halogens is 1. The van der Waals surface area contributed by atoms with Gasteiger partial charge in [-0.05, 0) is 26.2 Å². The predicted molar refractivity (Wildman–Crippen MR) is 133 cm³/mol. The lowest BCUT2D eigenvalue weighted by Crippen LogP contribution is -2.53. The SMILES string of the molecule is CCNC(=NCc1cc(C(CC)CC)no1)NCC(C1CCOC1)N1CCOCC1.I. The second kappa shape index (κ2) is 14.3. The Morgan fingerprint density at radius 1 is 1.16 bits per heavy atom. The predicted octanol–water partition coefficient (Wildman–Crippen LogP) is 2.99. The summed E-state index contributed by atoms with van der Waals surface area (Å²) in [5.74, 6) is 2.63. The lowest BCUT2D eigenvalue weighted by molar-refractivity contribution is 0.00246. The second-order valence-corrected chi connectivity index (χ2v) is 8.15. The van der Waals surface area contributed by atoms with E-state index in [0.717, 1.165) is 89.3 Å². The van der Waals surface area contributed by atoms with Gasteiger partial charge in [-0.15, -0.1) is 24.0 Å². The quantitative estimate of drug-likeness (QED) is 0.264. The third-order valence-corrected chi connectivity index (χ3v) is 6.22. The number of hydrogen-bond donors (Lipinski definition) is 2. The van der Waals surface area contributed by atoms with Crippen LogP contribution in [0.2, 0.25) is 0 Å². The van der Waals surface area contributed by atoms with Gasteiger partial charge in [0, 0.05) is 56.7 Å². The van der Waals surface area contributed by atoms with Crippen molar-refractivity contribution in [1.29, 1.82) is 0 Å². The second-order valence-electron chi connectivity index (χ2n) is 8.15. The van der Waals surface area contributed by atoms with E-state index in [1.807, 2.05) is 0 Å². The zero-order valence-corrected chi connectivity index (χ0v) is 21.6. The fourth-order valence-electron chi connectivity index (χ4n) is 4.36. The summed E-state index contributed by atoms with van der Waals surface area (Å²) in [6.07, 6.45) is 3.27. The van der Waals surface area contributed by atoms with Gasteiger partial charge in [0.05, 0.1) is 25.5 Å². The van der Waals surface area contributed by atoms with E-state index in [9.17, 15) is 0 Å². The average Bonchev–Trinajstić information content (AvgIpc) is 3.47. The Bertz CT molecular complexity index is 641. The molecule has 0 spiro atoms. The van der Waals surface area contributed by atoms with E-state index in [1.54, 1.807) is 0 Å². The van der Waals surface area contributed by atoms with Crippen molar-refractivity contribution in [3.05, 3.63) is 17.5 Å². The highest BCUT2D eigenvalue weighted by Gasteiger charge is 2.31. The van der Waals surface area contributed by atoms with Gasteiger partial charge in [-0.1, -0.05) is 19.0 Å². The molecule has 2 unspecified atom stereocenters. The largest absolute Gasteiger partial charge is 0.381 e. The molecule has 0 amide bonds. The van der Waals surface area contributed by atoms with Crippen molar-refractivity contribution in [3.63, 3.8) is 0 Å². The Morgan fingerprint density at radius 3 is 2.58 bits per heavy atom. The van der Waals surface area contributed by atoms with E-state index in [-0.39, 0.29) is 24.0 Å². The van der Waals surface area contributed by atoms with Crippen LogP contribution in [0.15, 0.2) is 15.6 Å².